The molecule has 2 aliphatic heterocycles. The largest absolute Gasteiger partial charge is 0.379 e. The van der Waals surface area contributed by atoms with Crippen molar-refractivity contribution in [1.82, 2.24) is 9.80 Å². The van der Waals surface area contributed by atoms with Crippen molar-refractivity contribution in [3.63, 3.8) is 0 Å². The second-order valence-electron chi connectivity index (χ2n) is 5.59. The molecule has 0 unspecified atom stereocenters. The average molecular weight is 289 g/mol. The smallest absolute Gasteiger partial charge is 0.236 e. The van der Waals surface area contributed by atoms with Crippen LogP contribution < -0.4 is 4.90 Å². The Morgan fingerprint density at radius 3 is 2.29 bits per heavy atom. The standard InChI is InChI=1S/C16H23N3O2/c20-16(14-17-10-12-21-13-11-17)19-8-6-18(7-9-19)15-4-2-1-3-5-15/h1-5H,6-14H2. The van der Waals surface area contributed by atoms with Crippen LogP contribution in [0, 0.1) is 0 Å². The fourth-order valence-corrected chi connectivity index (χ4v) is 2.90. The van der Waals surface area contributed by atoms with Crippen LogP contribution in [-0.2, 0) is 9.53 Å². The lowest BCUT2D eigenvalue weighted by atomic mass is 10.2. The van der Waals surface area contributed by atoms with Crippen LogP contribution in [0.2, 0.25) is 0 Å². The van der Waals surface area contributed by atoms with Gasteiger partial charge in [-0.05, 0) is 12.1 Å². The summed E-state index contributed by atoms with van der Waals surface area (Å²) in [6.45, 7) is 7.23. The van der Waals surface area contributed by atoms with Crippen molar-refractivity contribution >= 4 is 11.6 Å². The third-order valence-corrected chi connectivity index (χ3v) is 4.22. The van der Waals surface area contributed by atoms with Crippen LogP contribution in [0.25, 0.3) is 0 Å². The second kappa shape index (κ2) is 6.91. The van der Waals surface area contributed by atoms with Gasteiger partial charge in [-0.3, -0.25) is 9.69 Å². The van der Waals surface area contributed by atoms with Gasteiger partial charge >= 0.3 is 0 Å². The van der Waals surface area contributed by atoms with Crippen molar-refractivity contribution in [2.24, 2.45) is 0 Å². The van der Waals surface area contributed by atoms with E-state index in [1.807, 2.05) is 11.0 Å². The number of ether oxygens (including phenoxy) is 1. The summed E-state index contributed by atoms with van der Waals surface area (Å²) in [6, 6.07) is 10.4. The van der Waals surface area contributed by atoms with Crippen LogP contribution in [0.1, 0.15) is 0 Å². The molecule has 5 nitrogen and oxygen atoms in total. The molecule has 2 saturated heterocycles. The van der Waals surface area contributed by atoms with Crippen molar-refractivity contribution in [1.29, 1.82) is 0 Å². The van der Waals surface area contributed by atoms with Crippen LogP contribution in [0.5, 0.6) is 0 Å². The zero-order chi connectivity index (χ0) is 14.5. The normalized spacial score (nSPS) is 20.6. The molecule has 21 heavy (non-hydrogen) atoms. The number of morpholine rings is 1. The molecule has 1 aromatic carbocycles. The number of hydrogen-bond donors (Lipinski definition) is 0. The highest BCUT2D eigenvalue weighted by atomic mass is 16.5. The number of anilines is 1. The lowest BCUT2D eigenvalue weighted by Gasteiger charge is -2.37. The van der Waals surface area contributed by atoms with E-state index in [2.05, 4.69) is 34.1 Å². The number of benzene rings is 1. The Balaban J connectivity index is 1.47. The van der Waals surface area contributed by atoms with Crippen molar-refractivity contribution < 1.29 is 9.53 Å². The molecule has 2 fully saturated rings. The molecule has 2 aliphatic rings. The van der Waals surface area contributed by atoms with E-state index >= 15 is 0 Å². The summed E-state index contributed by atoms with van der Waals surface area (Å²) in [5, 5.41) is 0. The molecule has 2 heterocycles. The first-order valence-electron chi connectivity index (χ1n) is 7.71. The van der Waals surface area contributed by atoms with E-state index in [1.54, 1.807) is 0 Å². The Labute approximate surface area is 126 Å². The molecule has 1 aromatic rings. The highest BCUT2D eigenvalue weighted by molar-refractivity contribution is 5.78. The SMILES string of the molecule is O=C(CN1CCOCC1)N1CCN(c2ccccc2)CC1. The van der Waals surface area contributed by atoms with Crippen LogP contribution >= 0.6 is 0 Å². The van der Waals surface area contributed by atoms with E-state index in [0.717, 1.165) is 52.5 Å². The van der Waals surface area contributed by atoms with Crippen molar-refractivity contribution in [2.75, 3.05) is 63.9 Å². The van der Waals surface area contributed by atoms with E-state index < -0.39 is 0 Å². The number of nitrogens with zero attached hydrogens (tertiary/aromatic N) is 3. The molecular weight excluding hydrogens is 266 g/mol. The van der Waals surface area contributed by atoms with Crippen LogP contribution in [-0.4, -0.2) is 74.7 Å². The fraction of sp³-hybridized carbons (Fsp3) is 0.562. The predicted octanol–water partition coefficient (Wildman–Crippen LogP) is 0.667. The molecule has 0 aliphatic carbocycles. The fourth-order valence-electron chi connectivity index (χ4n) is 2.90. The van der Waals surface area contributed by atoms with Gasteiger partial charge < -0.3 is 14.5 Å². The zero-order valence-corrected chi connectivity index (χ0v) is 12.4. The maximum absolute atomic E-state index is 12.3. The number of carbonyl (C=O) groups is 1. The average Bonchev–Trinajstić information content (AvgIpc) is 2.57. The minimum Gasteiger partial charge on any atom is -0.379 e. The summed E-state index contributed by atoms with van der Waals surface area (Å²) in [5.74, 6) is 0.254. The molecule has 5 heteroatoms. The topological polar surface area (TPSA) is 36.0 Å². The van der Waals surface area contributed by atoms with Gasteiger partial charge in [0.2, 0.25) is 5.91 Å². The van der Waals surface area contributed by atoms with Gasteiger partial charge in [0, 0.05) is 45.0 Å². The molecule has 3 rings (SSSR count). The molecular formula is C16H23N3O2. The Bertz CT molecular complexity index is 452. The molecule has 0 spiro atoms. The van der Waals surface area contributed by atoms with E-state index in [-0.39, 0.29) is 5.91 Å². The van der Waals surface area contributed by atoms with Crippen LogP contribution in [0.3, 0.4) is 0 Å². The molecule has 0 saturated carbocycles. The summed E-state index contributed by atoms with van der Waals surface area (Å²) in [4.78, 5) is 18.9. The van der Waals surface area contributed by atoms with E-state index in [0.29, 0.717) is 6.54 Å². The number of piperazine rings is 1. The molecule has 0 N–H and O–H groups in total. The Hall–Kier alpha value is -1.59. The lowest BCUT2D eigenvalue weighted by molar-refractivity contribution is -0.133. The first-order chi connectivity index (χ1) is 10.3. The number of hydrogen-bond acceptors (Lipinski definition) is 4. The molecule has 0 radical (unpaired) electrons. The summed E-state index contributed by atoms with van der Waals surface area (Å²) >= 11 is 0. The van der Waals surface area contributed by atoms with Gasteiger partial charge in [-0.25, -0.2) is 0 Å². The number of para-hydroxylation sites is 1. The van der Waals surface area contributed by atoms with Gasteiger partial charge in [-0.15, -0.1) is 0 Å². The number of amides is 1. The maximum atomic E-state index is 12.3. The van der Waals surface area contributed by atoms with Gasteiger partial charge in [0.05, 0.1) is 19.8 Å². The van der Waals surface area contributed by atoms with Crippen molar-refractivity contribution in [3.8, 4) is 0 Å². The molecule has 0 bridgehead atoms. The minimum atomic E-state index is 0.254. The van der Waals surface area contributed by atoms with Gasteiger partial charge in [-0.2, -0.15) is 0 Å². The Kier molecular flexibility index (Phi) is 4.72. The summed E-state index contributed by atoms with van der Waals surface area (Å²) in [5.41, 5.74) is 1.25. The summed E-state index contributed by atoms with van der Waals surface area (Å²) in [6.07, 6.45) is 0. The van der Waals surface area contributed by atoms with Crippen LogP contribution in [0.4, 0.5) is 5.69 Å². The third-order valence-electron chi connectivity index (χ3n) is 4.22. The molecule has 0 atom stereocenters. The molecule has 1 amide bonds. The van der Waals surface area contributed by atoms with E-state index in [9.17, 15) is 4.79 Å². The van der Waals surface area contributed by atoms with E-state index in [1.165, 1.54) is 5.69 Å². The molecule has 114 valence electrons. The third kappa shape index (κ3) is 3.74. The van der Waals surface area contributed by atoms with Gasteiger partial charge in [0.25, 0.3) is 0 Å². The Morgan fingerprint density at radius 1 is 0.952 bits per heavy atom. The first-order valence-corrected chi connectivity index (χ1v) is 7.71. The monoisotopic (exact) mass is 289 g/mol. The maximum Gasteiger partial charge on any atom is 0.236 e. The number of rotatable bonds is 3. The predicted molar refractivity (Wildman–Crippen MR) is 82.5 cm³/mol. The van der Waals surface area contributed by atoms with Gasteiger partial charge in [0.15, 0.2) is 0 Å². The quantitative estimate of drug-likeness (QED) is 0.819. The number of carbonyl (C=O) groups excluding carboxylic acids is 1. The van der Waals surface area contributed by atoms with Crippen molar-refractivity contribution in [2.45, 2.75) is 0 Å². The Morgan fingerprint density at radius 2 is 1.62 bits per heavy atom. The summed E-state index contributed by atoms with van der Waals surface area (Å²) < 4.78 is 5.32. The highest BCUT2D eigenvalue weighted by Gasteiger charge is 2.23. The molecule has 0 aromatic heterocycles. The lowest BCUT2D eigenvalue weighted by Crippen LogP contribution is -2.52. The van der Waals surface area contributed by atoms with Crippen molar-refractivity contribution in [3.05, 3.63) is 30.3 Å². The second-order valence-corrected chi connectivity index (χ2v) is 5.59. The van der Waals surface area contributed by atoms with Gasteiger partial charge in [-0.1, -0.05) is 18.2 Å². The van der Waals surface area contributed by atoms with E-state index in [4.69, 9.17) is 4.74 Å². The van der Waals surface area contributed by atoms with Gasteiger partial charge in [0.1, 0.15) is 0 Å². The first kappa shape index (κ1) is 14.4. The summed E-state index contributed by atoms with van der Waals surface area (Å²) in [7, 11) is 0. The zero-order valence-electron chi connectivity index (χ0n) is 12.4. The highest BCUT2D eigenvalue weighted by Crippen LogP contribution is 2.15. The van der Waals surface area contributed by atoms with Crippen LogP contribution in [0.15, 0.2) is 30.3 Å². The minimum absolute atomic E-state index is 0.254.